The van der Waals surface area contributed by atoms with E-state index in [4.69, 9.17) is 11.6 Å². The fourth-order valence-electron chi connectivity index (χ4n) is 4.47. The molecule has 1 aromatic rings. The molecule has 0 saturated heterocycles. The summed E-state index contributed by atoms with van der Waals surface area (Å²) in [6.45, 7) is 0. The minimum Gasteiger partial charge on any atom is -0.326 e. The SMILES string of the molecule is O=C(Nc1cccc(Cl)c1)C1[C@H]2[C@@H]3CC[C@H](C3)[C@H]12. The molecule has 1 N–H and O–H groups in total. The summed E-state index contributed by atoms with van der Waals surface area (Å²) in [5.41, 5.74) is 0.824. The van der Waals surface area contributed by atoms with Crippen LogP contribution in [-0.2, 0) is 4.79 Å². The molecule has 0 unspecified atom stereocenters. The van der Waals surface area contributed by atoms with Crippen molar-refractivity contribution in [2.24, 2.45) is 29.6 Å². The topological polar surface area (TPSA) is 29.1 Å². The molecule has 0 spiro atoms. The minimum atomic E-state index is 0.212. The van der Waals surface area contributed by atoms with Crippen molar-refractivity contribution in [2.45, 2.75) is 19.3 Å². The Labute approximate surface area is 112 Å². The van der Waals surface area contributed by atoms with E-state index in [1.807, 2.05) is 24.3 Å². The van der Waals surface area contributed by atoms with Crippen molar-refractivity contribution in [1.29, 1.82) is 0 Å². The molecule has 1 amide bonds. The van der Waals surface area contributed by atoms with Gasteiger partial charge >= 0.3 is 0 Å². The van der Waals surface area contributed by atoms with E-state index in [1.54, 1.807) is 0 Å². The summed E-state index contributed by atoms with van der Waals surface area (Å²) in [6.07, 6.45) is 4.09. The van der Waals surface area contributed by atoms with Crippen molar-refractivity contribution in [3.05, 3.63) is 29.3 Å². The normalized spacial score (nSPS) is 39.5. The van der Waals surface area contributed by atoms with E-state index in [2.05, 4.69) is 5.32 Å². The number of hydrogen-bond donors (Lipinski definition) is 1. The fourth-order valence-corrected chi connectivity index (χ4v) is 4.66. The average molecular weight is 262 g/mol. The molecule has 3 aliphatic rings. The number of fused-ring (bicyclic) bond motifs is 5. The molecule has 4 rings (SSSR count). The maximum absolute atomic E-state index is 12.3. The second-order valence-electron chi connectivity index (χ2n) is 6.01. The summed E-state index contributed by atoms with van der Waals surface area (Å²) < 4.78 is 0. The third kappa shape index (κ3) is 1.51. The molecule has 2 nitrogen and oxygen atoms in total. The van der Waals surface area contributed by atoms with Crippen LogP contribution < -0.4 is 5.32 Å². The highest BCUT2D eigenvalue weighted by molar-refractivity contribution is 6.30. The second kappa shape index (κ2) is 3.74. The summed E-state index contributed by atoms with van der Waals surface area (Å²) in [7, 11) is 0. The molecule has 3 saturated carbocycles. The highest BCUT2D eigenvalue weighted by Crippen LogP contribution is 2.69. The molecule has 2 bridgehead atoms. The summed E-state index contributed by atoms with van der Waals surface area (Å²) >= 11 is 5.92. The predicted octanol–water partition coefficient (Wildman–Crippen LogP) is 3.57. The zero-order valence-electron chi connectivity index (χ0n) is 10.1. The number of halogens is 1. The molecule has 0 aliphatic heterocycles. The third-order valence-corrected chi connectivity index (χ3v) is 5.37. The van der Waals surface area contributed by atoms with Crippen LogP contribution in [0.15, 0.2) is 24.3 Å². The van der Waals surface area contributed by atoms with Crippen LogP contribution in [0.1, 0.15) is 19.3 Å². The molecule has 0 aromatic heterocycles. The van der Waals surface area contributed by atoms with Crippen molar-refractivity contribution >= 4 is 23.2 Å². The maximum atomic E-state index is 12.3. The molecule has 3 aliphatic carbocycles. The van der Waals surface area contributed by atoms with Crippen LogP contribution in [0.5, 0.6) is 0 Å². The van der Waals surface area contributed by atoms with E-state index < -0.39 is 0 Å². The fraction of sp³-hybridized carbons (Fsp3) is 0.533. The molecule has 3 fully saturated rings. The monoisotopic (exact) mass is 261 g/mol. The smallest absolute Gasteiger partial charge is 0.228 e. The highest BCUT2D eigenvalue weighted by atomic mass is 35.5. The van der Waals surface area contributed by atoms with Crippen LogP contribution in [0.25, 0.3) is 0 Å². The summed E-state index contributed by atoms with van der Waals surface area (Å²) in [5, 5.41) is 3.69. The van der Waals surface area contributed by atoms with Crippen molar-refractivity contribution in [3.63, 3.8) is 0 Å². The zero-order valence-corrected chi connectivity index (χ0v) is 10.9. The number of nitrogens with one attached hydrogen (secondary N) is 1. The molecular formula is C15H16ClNO. The highest BCUT2D eigenvalue weighted by Gasteiger charge is 2.67. The summed E-state index contributed by atoms with van der Waals surface area (Å²) in [5.74, 6) is 3.58. The molecule has 1 aromatic carbocycles. The number of hydrogen-bond acceptors (Lipinski definition) is 1. The van der Waals surface area contributed by atoms with Gasteiger partial charge in [-0.15, -0.1) is 0 Å². The first-order chi connectivity index (χ1) is 8.74. The van der Waals surface area contributed by atoms with Gasteiger partial charge in [0, 0.05) is 16.6 Å². The number of anilines is 1. The quantitative estimate of drug-likeness (QED) is 0.866. The Morgan fingerprint density at radius 3 is 2.61 bits per heavy atom. The van der Waals surface area contributed by atoms with Gasteiger partial charge in [0.15, 0.2) is 0 Å². The predicted molar refractivity (Wildman–Crippen MR) is 71.4 cm³/mol. The van der Waals surface area contributed by atoms with Crippen LogP contribution in [0.3, 0.4) is 0 Å². The van der Waals surface area contributed by atoms with Gasteiger partial charge < -0.3 is 5.32 Å². The summed E-state index contributed by atoms with van der Waals surface area (Å²) in [4.78, 5) is 12.3. The lowest BCUT2D eigenvalue weighted by Crippen LogP contribution is -2.18. The molecule has 18 heavy (non-hydrogen) atoms. The van der Waals surface area contributed by atoms with Crippen LogP contribution in [0, 0.1) is 29.6 Å². The molecular weight excluding hydrogens is 246 g/mol. The zero-order chi connectivity index (χ0) is 12.3. The van der Waals surface area contributed by atoms with Gasteiger partial charge in [0.25, 0.3) is 0 Å². The number of rotatable bonds is 2. The lowest BCUT2D eigenvalue weighted by atomic mass is 10.0. The molecule has 94 valence electrons. The van der Waals surface area contributed by atoms with E-state index in [0.717, 1.165) is 17.5 Å². The Bertz CT molecular complexity index is 499. The van der Waals surface area contributed by atoms with Crippen molar-refractivity contribution in [1.82, 2.24) is 0 Å². The second-order valence-corrected chi connectivity index (χ2v) is 6.45. The standard InChI is InChI=1S/C15H16ClNO/c16-10-2-1-3-11(7-10)17-15(18)14-12-8-4-5-9(6-8)13(12)14/h1-3,7-9,12-14H,4-6H2,(H,17,18)/t8-,9-,12+,13+/m1/s1. The Morgan fingerprint density at radius 1 is 1.22 bits per heavy atom. The first kappa shape index (κ1) is 10.9. The molecule has 3 heteroatoms. The van der Waals surface area contributed by atoms with Gasteiger partial charge in [-0.1, -0.05) is 17.7 Å². The van der Waals surface area contributed by atoms with Gasteiger partial charge in [0.2, 0.25) is 5.91 Å². The molecule has 0 radical (unpaired) electrons. The van der Waals surface area contributed by atoms with Crippen LogP contribution >= 0.6 is 11.6 Å². The van der Waals surface area contributed by atoms with Gasteiger partial charge in [-0.05, 0) is 61.1 Å². The number of carbonyl (C=O) groups is 1. The first-order valence-electron chi connectivity index (χ1n) is 6.80. The Kier molecular flexibility index (Phi) is 2.25. The number of benzene rings is 1. The molecule has 4 atom stereocenters. The lowest BCUT2D eigenvalue weighted by Gasteiger charge is -2.09. The van der Waals surface area contributed by atoms with Gasteiger partial charge in [0.05, 0.1) is 0 Å². The van der Waals surface area contributed by atoms with E-state index in [9.17, 15) is 4.79 Å². The Morgan fingerprint density at radius 2 is 1.94 bits per heavy atom. The number of carbonyl (C=O) groups excluding carboxylic acids is 1. The Hall–Kier alpha value is -1.02. The van der Waals surface area contributed by atoms with E-state index in [1.165, 1.54) is 19.3 Å². The van der Waals surface area contributed by atoms with Crippen molar-refractivity contribution < 1.29 is 4.79 Å². The molecule has 0 heterocycles. The maximum Gasteiger partial charge on any atom is 0.228 e. The van der Waals surface area contributed by atoms with Gasteiger partial charge in [-0.2, -0.15) is 0 Å². The van der Waals surface area contributed by atoms with Gasteiger partial charge in [0.1, 0.15) is 0 Å². The van der Waals surface area contributed by atoms with Crippen LogP contribution in [0.4, 0.5) is 5.69 Å². The van der Waals surface area contributed by atoms with Gasteiger partial charge in [-0.3, -0.25) is 4.79 Å². The average Bonchev–Trinajstić information content (AvgIpc) is 2.79. The minimum absolute atomic E-state index is 0.212. The number of amides is 1. The van der Waals surface area contributed by atoms with E-state index >= 15 is 0 Å². The lowest BCUT2D eigenvalue weighted by molar-refractivity contribution is -0.118. The summed E-state index contributed by atoms with van der Waals surface area (Å²) in [6, 6.07) is 7.40. The Balaban J connectivity index is 1.47. The van der Waals surface area contributed by atoms with Crippen LogP contribution in [0.2, 0.25) is 5.02 Å². The van der Waals surface area contributed by atoms with Crippen molar-refractivity contribution in [2.75, 3.05) is 5.32 Å². The largest absolute Gasteiger partial charge is 0.326 e. The third-order valence-electron chi connectivity index (χ3n) is 5.13. The van der Waals surface area contributed by atoms with E-state index in [-0.39, 0.29) is 11.8 Å². The van der Waals surface area contributed by atoms with E-state index in [0.29, 0.717) is 16.9 Å². The van der Waals surface area contributed by atoms with Gasteiger partial charge in [-0.25, -0.2) is 0 Å². The first-order valence-corrected chi connectivity index (χ1v) is 7.18. The van der Waals surface area contributed by atoms with Crippen LogP contribution in [-0.4, -0.2) is 5.91 Å². The van der Waals surface area contributed by atoms with Crippen molar-refractivity contribution in [3.8, 4) is 0 Å².